The molecule has 1 heterocycles. The van der Waals surface area contributed by atoms with Gasteiger partial charge in [0.25, 0.3) is 0 Å². The lowest BCUT2D eigenvalue weighted by Crippen LogP contribution is -2.68. The van der Waals surface area contributed by atoms with Crippen LogP contribution in [0.1, 0.15) is 104 Å². The Balaban J connectivity index is 3.16. The largest absolute Gasteiger partial charge is 0.480 e. The molecule has 1 aliphatic heterocycles. The SMILES string of the molecule is CCCCCCCC(O)CC(=O)C(C(=O)O)(C(O)CCCCCCC)[C@@H]1O[C@@H](C)[C@H](O)[C@@H](O)[C@H]1O. The maximum atomic E-state index is 13.5. The zero-order valence-corrected chi connectivity index (χ0v) is 21.6. The van der Waals surface area contributed by atoms with Gasteiger partial charge in [0.05, 0.1) is 18.3 Å². The molecule has 1 rings (SSSR count). The van der Waals surface area contributed by atoms with Gasteiger partial charge in [-0.3, -0.25) is 9.59 Å². The fraction of sp³-hybridized carbons (Fsp3) is 0.923. The number of ether oxygens (including phenoxy) is 1. The molecule has 1 fully saturated rings. The summed E-state index contributed by atoms with van der Waals surface area (Å²) in [5.74, 6) is -2.63. The Morgan fingerprint density at radius 3 is 1.83 bits per heavy atom. The molecule has 0 aromatic heterocycles. The van der Waals surface area contributed by atoms with E-state index in [9.17, 15) is 40.2 Å². The van der Waals surface area contributed by atoms with E-state index in [4.69, 9.17) is 4.74 Å². The Morgan fingerprint density at radius 2 is 1.31 bits per heavy atom. The first kappa shape index (κ1) is 31.9. The molecular formula is C26H48O9. The second kappa shape index (κ2) is 15.9. The number of aliphatic hydroxyl groups excluding tert-OH is 5. The van der Waals surface area contributed by atoms with Crippen molar-refractivity contribution < 1.29 is 45.0 Å². The van der Waals surface area contributed by atoms with Crippen molar-refractivity contribution in [2.45, 2.75) is 147 Å². The molecule has 206 valence electrons. The molecule has 8 atom stereocenters. The van der Waals surface area contributed by atoms with Gasteiger partial charge in [0.15, 0.2) is 11.2 Å². The van der Waals surface area contributed by atoms with Gasteiger partial charge in [0.2, 0.25) is 0 Å². The van der Waals surface area contributed by atoms with Gasteiger partial charge in [-0.25, -0.2) is 0 Å². The van der Waals surface area contributed by atoms with Crippen LogP contribution in [0.5, 0.6) is 0 Å². The van der Waals surface area contributed by atoms with Gasteiger partial charge in [-0.2, -0.15) is 0 Å². The minimum Gasteiger partial charge on any atom is -0.480 e. The van der Waals surface area contributed by atoms with Crippen LogP contribution in [0.15, 0.2) is 0 Å². The van der Waals surface area contributed by atoms with Crippen LogP contribution in [0.4, 0.5) is 0 Å². The van der Waals surface area contributed by atoms with Gasteiger partial charge in [-0.15, -0.1) is 0 Å². The Morgan fingerprint density at radius 1 is 0.800 bits per heavy atom. The number of aliphatic hydroxyl groups is 5. The zero-order valence-electron chi connectivity index (χ0n) is 21.6. The molecule has 6 N–H and O–H groups in total. The number of carbonyl (C=O) groups excluding carboxylic acids is 1. The van der Waals surface area contributed by atoms with Crippen LogP contribution in [0.25, 0.3) is 0 Å². The zero-order chi connectivity index (χ0) is 26.6. The molecule has 0 radical (unpaired) electrons. The minimum absolute atomic E-state index is 0.0194. The van der Waals surface area contributed by atoms with Gasteiger partial charge < -0.3 is 35.4 Å². The highest BCUT2D eigenvalue weighted by atomic mass is 16.5. The van der Waals surface area contributed by atoms with E-state index in [1.807, 2.05) is 0 Å². The van der Waals surface area contributed by atoms with E-state index in [1.165, 1.54) is 6.92 Å². The second-order valence-electron chi connectivity index (χ2n) is 10.1. The van der Waals surface area contributed by atoms with Crippen molar-refractivity contribution in [2.75, 3.05) is 0 Å². The number of carbonyl (C=O) groups is 2. The maximum absolute atomic E-state index is 13.5. The summed E-state index contributed by atoms with van der Waals surface area (Å²) < 4.78 is 5.60. The molecule has 1 aliphatic rings. The highest BCUT2D eigenvalue weighted by Gasteiger charge is 2.63. The lowest BCUT2D eigenvalue weighted by molar-refractivity contribution is -0.256. The molecule has 0 aromatic carbocycles. The topological polar surface area (TPSA) is 165 Å². The number of carboxylic acids is 1. The quantitative estimate of drug-likeness (QED) is 0.121. The summed E-state index contributed by atoms with van der Waals surface area (Å²) in [6.45, 7) is 5.54. The molecule has 1 saturated heterocycles. The Hall–Kier alpha value is -1.10. The average Bonchev–Trinajstić information content (AvgIpc) is 2.80. The lowest BCUT2D eigenvalue weighted by Gasteiger charge is -2.48. The Kier molecular flexibility index (Phi) is 14.5. The van der Waals surface area contributed by atoms with E-state index < -0.39 is 66.3 Å². The molecule has 0 saturated carbocycles. The monoisotopic (exact) mass is 504 g/mol. The minimum atomic E-state index is -2.59. The fourth-order valence-electron chi connectivity index (χ4n) is 4.98. The third-order valence-electron chi connectivity index (χ3n) is 7.28. The van der Waals surface area contributed by atoms with Crippen molar-refractivity contribution in [2.24, 2.45) is 5.41 Å². The van der Waals surface area contributed by atoms with Crippen molar-refractivity contribution in [1.82, 2.24) is 0 Å². The summed E-state index contributed by atoms with van der Waals surface area (Å²) in [5, 5.41) is 63.0. The third kappa shape index (κ3) is 8.47. The van der Waals surface area contributed by atoms with Crippen molar-refractivity contribution >= 4 is 11.8 Å². The van der Waals surface area contributed by atoms with Gasteiger partial charge in [-0.1, -0.05) is 78.1 Å². The average molecular weight is 505 g/mol. The highest BCUT2D eigenvalue weighted by molar-refractivity contribution is 6.05. The van der Waals surface area contributed by atoms with Crippen LogP contribution in [0.3, 0.4) is 0 Å². The van der Waals surface area contributed by atoms with E-state index in [1.54, 1.807) is 0 Å². The van der Waals surface area contributed by atoms with Crippen LogP contribution in [-0.2, 0) is 14.3 Å². The first-order valence-corrected chi connectivity index (χ1v) is 13.4. The molecule has 0 bridgehead atoms. The summed E-state index contributed by atoms with van der Waals surface area (Å²) in [6.07, 6.45) is -2.24. The van der Waals surface area contributed by atoms with Crippen LogP contribution in [0.2, 0.25) is 0 Å². The van der Waals surface area contributed by atoms with Crippen molar-refractivity contribution in [3.05, 3.63) is 0 Å². The van der Waals surface area contributed by atoms with Gasteiger partial charge in [0, 0.05) is 6.42 Å². The van der Waals surface area contributed by atoms with Crippen molar-refractivity contribution in [1.29, 1.82) is 0 Å². The van der Waals surface area contributed by atoms with E-state index in [-0.39, 0.29) is 6.42 Å². The van der Waals surface area contributed by atoms with Crippen molar-refractivity contribution in [3.63, 3.8) is 0 Å². The van der Waals surface area contributed by atoms with Crippen LogP contribution >= 0.6 is 0 Å². The number of unbranched alkanes of at least 4 members (excludes halogenated alkanes) is 8. The summed E-state index contributed by atoms with van der Waals surface area (Å²) in [7, 11) is 0. The van der Waals surface area contributed by atoms with E-state index in [0.29, 0.717) is 19.3 Å². The number of hydrogen-bond donors (Lipinski definition) is 6. The van der Waals surface area contributed by atoms with Crippen molar-refractivity contribution in [3.8, 4) is 0 Å². The number of rotatable bonds is 18. The molecule has 0 aliphatic carbocycles. The van der Waals surface area contributed by atoms with E-state index >= 15 is 0 Å². The maximum Gasteiger partial charge on any atom is 0.322 e. The number of hydrogen-bond acceptors (Lipinski definition) is 8. The molecule has 0 aromatic rings. The summed E-state index contributed by atoms with van der Waals surface area (Å²) in [6, 6.07) is 0. The lowest BCUT2D eigenvalue weighted by atomic mass is 9.66. The van der Waals surface area contributed by atoms with Crippen LogP contribution < -0.4 is 0 Å². The smallest absolute Gasteiger partial charge is 0.322 e. The molecule has 0 amide bonds. The Labute approximate surface area is 209 Å². The van der Waals surface area contributed by atoms with Crippen LogP contribution in [0, 0.1) is 5.41 Å². The first-order valence-electron chi connectivity index (χ1n) is 13.4. The number of Topliss-reactive ketones (excluding diaryl/α,β-unsaturated/α-hetero) is 1. The first-order chi connectivity index (χ1) is 16.5. The predicted molar refractivity (Wildman–Crippen MR) is 131 cm³/mol. The molecule has 35 heavy (non-hydrogen) atoms. The number of carboxylic acid groups (broad SMARTS) is 1. The summed E-state index contributed by atoms with van der Waals surface area (Å²) >= 11 is 0. The standard InChI is InChI=1S/C26H48O9/c1-4-6-8-10-12-14-18(27)16-20(29)26(25(33)34,19(28)15-13-11-9-7-5-2)24-23(32)22(31)21(30)17(3)35-24/h17-19,21-24,27-28,30-32H,4-16H2,1-3H3,(H,33,34)/t17-,18?,19?,21-,22+,23+,24+,26?/m0/s1. The summed E-state index contributed by atoms with van der Waals surface area (Å²) in [4.78, 5) is 26.2. The normalized spacial score (nSPS) is 28.3. The molecule has 9 heteroatoms. The molecule has 0 spiro atoms. The second-order valence-corrected chi connectivity index (χ2v) is 10.1. The Bertz CT molecular complexity index is 628. The molecular weight excluding hydrogens is 456 g/mol. The highest BCUT2D eigenvalue weighted by Crippen LogP contribution is 2.41. The van der Waals surface area contributed by atoms with Gasteiger partial charge >= 0.3 is 5.97 Å². The summed E-state index contributed by atoms with van der Waals surface area (Å²) in [5.41, 5.74) is -2.59. The van der Waals surface area contributed by atoms with Gasteiger partial charge in [-0.05, 0) is 19.8 Å². The predicted octanol–water partition coefficient (Wildman–Crippen LogP) is 2.33. The number of ketones is 1. The van der Waals surface area contributed by atoms with E-state index in [0.717, 1.165) is 51.4 Å². The molecule has 9 nitrogen and oxygen atoms in total. The van der Waals surface area contributed by atoms with Crippen LogP contribution in [-0.4, -0.2) is 85.1 Å². The fourth-order valence-corrected chi connectivity index (χ4v) is 4.98. The van der Waals surface area contributed by atoms with E-state index in [2.05, 4.69) is 13.8 Å². The number of aliphatic carboxylic acids is 1. The molecule has 3 unspecified atom stereocenters. The van der Waals surface area contributed by atoms with Gasteiger partial charge in [0.1, 0.15) is 24.4 Å². The third-order valence-corrected chi connectivity index (χ3v) is 7.28.